The number of rotatable bonds is 4. The number of nitro benzene ring substituents is 1. The lowest BCUT2D eigenvalue weighted by molar-refractivity contribution is -0.385. The molecule has 0 radical (unpaired) electrons. The fraction of sp³-hybridized carbons (Fsp3) is 0.143. The lowest BCUT2D eigenvalue weighted by Gasteiger charge is -2.16. The van der Waals surface area contributed by atoms with Gasteiger partial charge in [0.15, 0.2) is 0 Å². The molecule has 1 atom stereocenters. The van der Waals surface area contributed by atoms with Gasteiger partial charge in [-0.2, -0.15) is 0 Å². The van der Waals surface area contributed by atoms with Crippen LogP contribution in [0.3, 0.4) is 0 Å². The quantitative estimate of drug-likeness (QED) is 0.631. The van der Waals surface area contributed by atoms with Crippen LogP contribution in [0.25, 0.3) is 0 Å². The van der Waals surface area contributed by atoms with Gasteiger partial charge in [0.1, 0.15) is 11.6 Å². The summed E-state index contributed by atoms with van der Waals surface area (Å²) in [6.45, 7) is 1.68. The second-order valence-corrected chi connectivity index (χ2v) is 5.40. The molecule has 0 amide bonds. The van der Waals surface area contributed by atoms with Gasteiger partial charge in [-0.25, -0.2) is 8.78 Å². The molecule has 0 fully saturated rings. The Bertz CT molecular complexity index is 695. The molecule has 0 aliphatic heterocycles. The minimum absolute atomic E-state index is 0.216. The molecular weight excluding hydrogens is 346 g/mol. The average Bonchev–Trinajstić information content (AvgIpc) is 2.40. The summed E-state index contributed by atoms with van der Waals surface area (Å²) in [5.74, 6) is -1.14. The number of non-ortho nitro benzene ring substituents is 1. The lowest BCUT2D eigenvalue weighted by atomic mass is 10.1. The van der Waals surface area contributed by atoms with E-state index in [1.165, 1.54) is 12.1 Å². The smallest absolute Gasteiger partial charge is 0.274 e. The molecule has 2 aromatic rings. The fourth-order valence-corrected chi connectivity index (χ4v) is 2.32. The first-order chi connectivity index (χ1) is 9.86. The average molecular weight is 357 g/mol. The highest BCUT2D eigenvalue weighted by Gasteiger charge is 2.14. The minimum atomic E-state index is -0.728. The van der Waals surface area contributed by atoms with Crippen molar-refractivity contribution in [3.63, 3.8) is 0 Å². The van der Waals surface area contributed by atoms with Crippen molar-refractivity contribution in [2.45, 2.75) is 13.0 Å². The van der Waals surface area contributed by atoms with E-state index in [1.807, 2.05) is 0 Å². The first kappa shape index (κ1) is 15.4. The largest absolute Gasteiger partial charge is 0.378 e. The topological polar surface area (TPSA) is 55.2 Å². The Morgan fingerprint density at radius 1 is 1.24 bits per heavy atom. The van der Waals surface area contributed by atoms with E-state index in [9.17, 15) is 18.9 Å². The van der Waals surface area contributed by atoms with E-state index in [0.29, 0.717) is 10.0 Å². The van der Waals surface area contributed by atoms with Gasteiger partial charge < -0.3 is 5.32 Å². The maximum atomic E-state index is 13.8. The Morgan fingerprint density at radius 2 is 1.95 bits per heavy atom. The SMILES string of the molecule is CC(Nc1cc(F)cc([N+](=O)[O-])c1)c1cc(Br)ccc1F. The lowest BCUT2D eigenvalue weighted by Crippen LogP contribution is -2.09. The molecule has 7 heteroatoms. The Kier molecular flexibility index (Phi) is 4.52. The van der Waals surface area contributed by atoms with Crippen molar-refractivity contribution in [1.82, 2.24) is 0 Å². The molecule has 0 saturated heterocycles. The van der Waals surface area contributed by atoms with E-state index in [0.717, 1.165) is 12.1 Å². The van der Waals surface area contributed by atoms with Gasteiger partial charge in [0.05, 0.1) is 17.0 Å². The van der Waals surface area contributed by atoms with E-state index >= 15 is 0 Å². The van der Waals surface area contributed by atoms with Gasteiger partial charge in [0, 0.05) is 21.8 Å². The van der Waals surface area contributed by atoms with Crippen molar-refractivity contribution in [2.24, 2.45) is 0 Å². The number of hydrogen-bond donors (Lipinski definition) is 1. The van der Waals surface area contributed by atoms with E-state index < -0.39 is 22.6 Å². The first-order valence-electron chi connectivity index (χ1n) is 6.03. The van der Waals surface area contributed by atoms with Crippen LogP contribution in [-0.2, 0) is 0 Å². The number of nitrogens with zero attached hydrogens (tertiary/aromatic N) is 1. The van der Waals surface area contributed by atoms with Gasteiger partial charge in [0.2, 0.25) is 0 Å². The Hall–Kier alpha value is -2.02. The molecule has 0 bridgehead atoms. The number of halogens is 3. The molecule has 1 unspecified atom stereocenters. The summed E-state index contributed by atoms with van der Waals surface area (Å²) in [7, 11) is 0. The van der Waals surface area contributed by atoms with E-state index in [1.54, 1.807) is 19.1 Å². The molecule has 2 rings (SSSR count). The van der Waals surface area contributed by atoms with Crippen LogP contribution in [0.15, 0.2) is 40.9 Å². The Labute approximate surface area is 128 Å². The van der Waals surface area contributed by atoms with Gasteiger partial charge in [-0.05, 0) is 31.2 Å². The summed E-state index contributed by atoms with van der Waals surface area (Å²) in [6, 6.07) is 7.15. The highest BCUT2D eigenvalue weighted by atomic mass is 79.9. The third kappa shape index (κ3) is 3.75. The zero-order valence-electron chi connectivity index (χ0n) is 10.9. The van der Waals surface area contributed by atoms with Crippen molar-refractivity contribution >= 4 is 27.3 Å². The van der Waals surface area contributed by atoms with E-state index in [2.05, 4.69) is 21.2 Å². The highest BCUT2D eigenvalue weighted by Crippen LogP contribution is 2.27. The molecule has 0 aliphatic rings. The highest BCUT2D eigenvalue weighted by molar-refractivity contribution is 9.10. The van der Waals surface area contributed by atoms with Crippen molar-refractivity contribution in [3.05, 3.63) is 68.2 Å². The monoisotopic (exact) mass is 356 g/mol. The minimum Gasteiger partial charge on any atom is -0.378 e. The molecule has 4 nitrogen and oxygen atoms in total. The van der Waals surface area contributed by atoms with Crippen LogP contribution in [0, 0.1) is 21.7 Å². The zero-order chi connectivity index (χ0) is 15.6. The van der Waals surface area contributed by atoms with Gasteiger partial charge in [-0.1, -0.05) is 15.9 Å². The number of nitrogens with one attached hydrogen (secondary N) is 1. The maximum Gasteiger partial charge on any atom is 0.274 e. The van der Waals surface area contributed by atoms with Crippen LogP contribution in [0.1, 0.15) is 18.5 Å². The third-order valence-electron chi connectivity index (χ3n) is 2.90. The number of hydrogen-bond acceptors (Lipinski definition) is 3. The molecule has 110 valence electrons. The number of anilines is 1. The van der Waals surface area contributed by atoms with Crippen LogP contribution in [0.4, 0.5) is 20.2 Å². The third-order valence-corrected chi connectivity index (χ3v) is 3.39. The molecule has 21 heavy (non-hydrogen) atoms. The maximum absolute atomic E-state index is 13.8. The number of nitro groups is 1. The molecule has 0 aromatic heterocycles. The van der Waals surface area contributed by atoms with Crippen molar-refractivity contribution in [1.29, 1.82) is 0 Å². The van der Waals surface area contributed by atoms with Gasteiger partial charge in [0.25, 0.3) is 5.69 Å². The zero-order valence-corrected chi connectivity index (χ0v) is 12.5. The van der Waals surface area contributed by atoms with Gasteiger partial charge >= 0.3 is 0 Å². The van der Waals surface area contributed by atoms with E-state index in [-0.39, 0.29) is 11.4 Å². The normalized spacial score (nSPS) is 12.0. The molecule has 1 N–H and O–H groups in total. The summed E-state index contributed by atoms with van der Waals surface area (Å²) in [4.78, 5) is 10.0. The predicted molar refractivity (Wildman–Crippen MR) is 79.2 cm³/mol. The second kappa shape index (κ2) is 6.17. The summed E-state index contributed by atoms with van der Waals surface area (Å²) >= 11 is 3.25. The van der Waals surface area contributed by atoms with Crippen LogP contribution in [0.5, 0.6) is 0 Å². The molecule has 2 aromatic carbocycles. The van der Waals surface area contributed by atoms with Crippen molar-refractivity contribution in [2.75, 3.05) is 5.32 Å². The molecule has 0 heterocycles. The van der Waals surface area contributed by atoms with Crippen LogP contribution < -0.4 is 5.32 Å². The standard InChI is InChI=1S/C14H11BrF2N2O2/c1-8(13-4-9(15)2-3-14(13)17)18-11-5-10(16)6-12(7-11)19(20)21/h2-8,18H,1H3. The first-order valence-corrected chi connectivity index (χ1v) is 6.82. The predicted octanol–water partition coefficient (Wildman–Crippen LogP) is 4.81. The summed E-state index contributed by atoms with van der Waals surface area (Å²) < 4.78 is 27.8. The molecule has 0 saturated carbocycles. The number of benzene rings is 2. The summed E-state index contributed by atoms with van der Waals surface area (Å²) in [6.07, 6.45) is 0. The van der Waals surface area contributed by atoms with Crippen LogP contribution >= 0.6 is 15.9 Å². The fourth-order valence-electron chi connectivity index (χ4n) is 1.94. The summed E-state index contributed by atoms with van der Waals surface area (Å²) in [5.41, 5.74) is 0.226. The Morgan fingerprint density at radius 3 is 2.62 bits per heavy atom. The van der Waals surface area contributed by atoms with Crippen molar-refractivity contribution in [3.8, 4) is 0 Å². The van der Waals surface area contributed by atoms with E-state index in [4.69, 9.17) is 0 Å². The molecular formula is C14H11BrF2N2O2. The Balaban J connectivity index is 2.29. The summed E-state index contributed by atoms with van der Waals surface area (Å²) in [5, 5.41) is 13.6. The second-order valence-electron chi connectivity index (χ2n) is 4.49. The van der Waals surface area contributed by atoms with Crippen LogP contribution in [0.2, 0.25) is 0 Å². The molecule has 0 aliphatic carbocycles. The molecule has 0 spiro atoms. The van der Waals surface area contributed by atoms with Crippen LogP contribution in [-0.4, -0.2) is 4.92 Å². The van der Waals surface area contributed by atoms with Gasteiger partial charge in [-0.15, -0.1) is 0 Å². The van der Waals surface area contributed by atoms with Crippen molar-refractivity contribution < 1.29 is 13.7 Å². The van der Waals surface area contributed by atoms with Gasteiger partial charge in [-0.3, -0.25) is 10.1 Å².